The molecule has 0 bridgehead atoms. The highest BCUT2D eigenvalue weighted by atomic mass is 32.2. The van der Waals surface area contributed by atoms with Crippen LogP contribution in [0.25, 0.3) is 0 Å². The monoisotopic (exact) mass is 230 g/mol. The minimum atomic E-state index is -0.696. The Morgan fingerprint density at radius 2 is 2.40 bits per heavy atom. The molecular formula is C11H22N2OS. The summed E-state index contributed by atoms with van der Waals surface area (Å²) in [6.45, 7) is 4.64. The molecule has 2 atom stereocenters. The molecule has 88 valence electrons. The maximum atomic E-state index is 11.8. The topological polar surface area (TPSA) is 55.1 Å². The summed E-state index contributed by atoms with van der Waals surface area (Å²) in [7, 11) is 0. The lowest BCUT2D eigenvalue weighted by molar-refractivity contribution is -0.126. The predicted molar refractivity (Wildman–Crippen MR) is 66.0 cm³/mol. The van der Waals surface area contributed by atoms with Crippen LogP contribution in [0.5, 0.6) is 0 Å². The number of thioether (sulfide) groups is 1. The number of hydrogen-bond donors (Lipinski definition) is 2. The lowest BCUT2D eigenvalue weighted by Crippen LogP contribution is -2.52. The van der Waals surface area contributed by atoms with Gasteiger partial charge in [0.1, 0.15) is 0 Å². The molecule has 0 spiro atoms. The van der Waals surface area contributed by atoms with Gasteiger partial charge in [-0.3, -0.25) is 4.79 Å². The summed E-state index contributed by atoms with van der Waals surface area (Å²) in [6.07, 6.45) is 4.19. The first-order chi connectivity index (χ1) is 7.06. The second kappa shape index (κ2) is 5.75. The number of rotatable bonds is 5. The van der Waals surface area contributed by atoms with Crippen molar-refractivity contribution in [2.45, 2.75) is 50.3 Å². The van der Waals surface area contributed by atoms with Gasteiger partial charge in [0.05, 0.1) is 5.54 Å². The number of carbonyl (C=O) groups excluding carboxylic acids is 1. The molecule has 0 aromatic carbocycles. The second-order valence-electron chi connectivity index (χ2n) is 4.51. The molecule has 1 amide bonds. The van der Waals surface area contributed by atoms with E-state index in [0.29, 0.717) is 5.25 Å². The normalized spacial score (nSPS) is 24.9. The van der Waals surface area contributed by atoms with Gasteiger partial charge in [-0.05, 0) is 31.9 Å². The third kappa shape index (κ3) is 4.03. The first-order valence-electron chi connectivity index (χ1n) is 5.75. The van der Waals surface area contributed by atoms with Gasteiger partial charge in [0.2, 0.25) is 5.91 Å². The Bertz CT molecular complexity index is 213. The van der Waals surface area contributed by atoms with E-state index in [0.717, 1.165) is 19.4 Å². The van der Waals surface area contributed by atoms with Crippen molar-refractivity contribution in [3.63, 3.8) is 0 Å². The molecule has 1 aliphatic rings. The Kier molecular flexibility index (Phi) is 4.93. The van der Waals surface area contributed by atoms with Crippen LogP contribution in [0.3, 0.4) is 0 Å². The molecule has 3 N–H and O–H groups in total. The van der Waals surface area contributed by atoms with Crippen LogP contribution in [0.4, 0.5) is 0 Å². The van der Waals surface area contributed by atoms with E-state index >= 15 is 0 Å². The van der Waals surface area contributed by atoms with Crippen molar-refractivity contribution >= 4 is 17.7 Å². The van der Waals surface area contributed by atoms with E-state index in [4.69, 9.17) is 5.73 Å². The third-order valence-corrected chi connectivity index (χ3v) is 4.20. The first kappa shape index (κ1) is 12.8. The minimum absolute atomic E-state index is 0.00292. The number of amides is 1. The molecule has 1 heterocycles. The van der Waals surface area contributed by atoms with Crippen LogP contribution < -0.4 is 11.1 Å². The molecule has 0 saturated carbocycles. The van der Waals surface area contributed by atoms with Crippen molar-refractivity contribution in [3.05, 3.63) is 0 Å². The lowest BCUT2D eigenvalue weighted by Gasteiger charge is -2.23. The molecule has 0 aromatic heterocycles. The van der Waals surface area contributed by atoms with Crippen LogP contribution in [0.2, 0.25) is 0 Å². The van der Waals surface area contributed by atoms with E-state index in [1.54, 1.807) is 0 Å². The van der Waals surface area contributed by atoms with Gasteiger partial charge in [-0.2, -0.15) is 11.8 Å². The van der Waals surface area contributed by atoms with Crippen LogP contribution in [0.1, 0.15) is 39.5 Å². The molecule has 2 unspecified atom stereocenters. The van der Waals surface area contributed by atoms with Crippen molar-refractivity contribution < 1.29 is 4.79 Å². The minimum Gasteiger partial charge on any atom is -0.353 e. The molecular weight excluding hydrogens is 208 g/mol. The summed E-state index contributed by atoms with van der Waals surface area (Å²) < 4.78 is 0. The first-order valence-corrected chi connectivity index (χ1v) is 6.80. The van der Waals surface area contributed by atoms with Gasteiger partial charge in [0.15, 0.2) is 0 Å². The number of hydrogen-bond acceptors (Lipinski definition) is 3. The SMILES string of the molecule is CCCC(C)(N)C(=O)NCC1CCCS1. The van der Waals surface area contributed by atoms with Crippen molar-refractivity contribution in [1.82, 2.24) is 5.32 Å². The van der Waals surface area contributed by atoms with Gasteiger partial charge in [0.25, 0.3) is 0 Å². The Balaban J connectivity index is 2.27. The highest BCUT2D eigenvalue weighted by Crippen LogP contribution is 2.25. The Labute approximate surface area is 96.6 Å². The quantitative estimate of drug-likeness (QED) is 0.753. The van der Waals surface area contributed by atoms with Crippen LogP contribution >= 0.6 is 11.8 Å². The van der Waals surface area contributed by atoms with Gasteiger partial charge in [-0.1, -0.05) is 13.3 Å². The van der Waals surface area contributed by atoms with Crippen molar-refractivity contribution in [2.75, 3.05) is 12.3 Å². The van der Waals surface area contributed by atoms with Crippen molar-refractivity contribution in [3.8, 4) is 0 Å². The Morgan fingerprint density at radius 3 is 2.93 bits per heavy atom. The van der Waals surface area contributed by atoms with E-state index in [9.17, 15) is 4.79 Å². The second-order valence-corrected chi connectivity index (χ2v) is 5.92. The zero-order valence-corrected chi connectivity index (χ0v) is 10.5. The summed E-state index contributed by atoms with van der Waals surface area (Å²) in [5.41, 5.74) is 5.24. The van der Waals surface area contributed by atoms with Crippen LogP contribution in [-0.2, 0) is 4.79 Å². The average Bonchev–Trinajstić information content (AvgIpc) is 2.66. The summed E-state index contributed by atoms with van der Waals surface area (Å²) in [4.78, 5) is 11.8. The standard InChI is InChI=1S/C11H22N2OS/c1-3-6-11(2,12)10(14)13-8-9-5-4-7-15-9/h9H,3-8,12H2,1-2H3,(H,13,14). The summed E-state index contributed by atoms with van der Waals surface area (Å²) in [5, 5.41) is 3.57. The molecule has 1 fully saturated rings. The molecule has 4 heteroatoms. The van der Waals surface area contributed by atoms with Gasteiger partial charge >= 0.3 is 0 Å². The lowest BCUT2D eigenvalue weighted by atomic mass is 9.96. The van der Waals surface area contributed by atoms with Crippen molar-refractivity contribution in [1.29, 1.82) is 0 Å². The van der Waals surface area contributed by atoms with E-state index in [1.807, 2.05) is 25.6 Å². The molecule has 0 aliphatic carbocycles. The largest absolute Gasteiger partial charge is 0.353 e. The molecule has 0 aromatic rings. The van der Waals surface area contributed by atoms with Gasteiger partial charge in [0, 0.05) is 11.8 Å². The highest BCUT2D eigenvalue weighted by molar-refractivity contribution is 8.00. The smallest absolute Gasteiger partial charge is 0.239 e. The molecule has 1 saturated heterocycles. The Morgan fingerprint density at radius 1 is 1.67 bits per heavy atom. The zero-order valence-electron chi connectivity index (χ0n) is 9.71. The summed E-state index contributed by atoms with van der Waals surface area (Å²) in [5.74, 6) is 1.23. The molecule has 1 aliphatic heterocycles. The average molecular weight is 230 g/mol. The predicted octanol–water partition coefficient (Wildman–Crippen LogP) is 1.52. The number of carbonyl (C=O) groups is 1. The summed E-state index contributed by atoms with van der Waals surface area (Å²) >= 11 is 1.95. The van der Waals surface area contributed by atoms with E-state index < -0.39 is 5.54 Å². The van der Waals surface area contributed by atoms with Gasteiger partial charge < -0.3 is 11.1 Å². The third-order valence-electron chi connectivity index (χ3n) is 2.80. The molecule has 3 nitrogen and oxygen atoms in total. The van der Waals surface area contributed by atoms with E-state index in [1.165, 1.54) is 18.6 Å². The van der Waals surface area contributed by atoms with E-state index in [-0.39, 0.29) is 5.91 Å². The maximum absolute atomic E-state index is 11.8. The maximum Gasteiger partial charge on any atom is 0.239 e. The zero-order chi connectivity index (χ0) is 11.3. The van der Waals surface area contributed by atoms with Crippen molar-refractivity contribution in [2.24, 2.45) is 5.73 Å². The molecule has 0 radical (unpaired) electrons. The Hall–Kier alpha value is -0.220. The van der Waals surface area contributed by atoms with E-state index in [2.05, 4.69) is 5.32 Å². The van der Waals surface area contributed by atoms with Crippen LogP contribution in [-0.4, -0.2) is 29.0 Å². The fourth-order valence-electron chi connectivity index (χ4n) is 1.85. The van der Waals surface area contributed by atoms with Crippen LogP contribution in [0, 0.1) is 0 Å². The molecule has 1 rings (SSSR count). The van der Waals surface area contributed by atoms with Gasteiger partial charge in [-0.15, -0.1) is 0 Å². The fourth-order valence-corrected chi connectivity index (χ4v) is 3.05. The number of nitrogens with one attached hydrogen (secondary N) is 1. The van der Waals surface area contributed by atoms with Gasteiger partial charge in [-0.25, -0.2) is 0 Å². The molecule has 15 heavy (non-hydrogen) atoms. The van der Waals surface area contributed by atoms with Crippen LogP contribution in [0.15, 0.2) is 0 Å². The highest BCUT2D eigenvalue weighted by Gasteiger charge is 2.27. The fraction of sp³-hybridized carbons (Fsp3) is 0.909. The summed E-state index contributed by atoms with van der Waals surface area (Å²) in [6, 6.07) is 0. The number of nitrogens with two attached hydrogens (primary N) is 1.